The van der Waals surface area contributed by atoms with Crippen molar-refractivity contribution in [3.05, 3.63) is 40.5 Å². The molecule has 0 radical (unpaired) electrons. The molecule has 0 heterocycles. The highest BCUT2D eigenvalue weighted by Crippen LogP contribution is 2.34. The van der Waals surface area contributed by atoms with Crippen LogP contribution in [0.2, 0.25) is 0 Å². The van der Waals surface area contributed by atoms with E-state index in [1.807, 2.05) is 0 Å². The van der Waals surface area contributed by atoms with Crippen LogP contribution in [-0.4, -0.2) is 25.7 Å². The second-order valence-electron chi connectivity index (χ2n) is 3.51. The molecule has 0 aliphatic heterocycles. The lowest BCUT2D eigenvalue weighted by Crippen LogP contribution is -2.14. The van der Waals surface area contributed by atoms with Crippen molar-refractivity contribution >= 4 is 5.69 Å². The Morgan fingerprint density at radius 3 is 2.50 bits per heavy atom. The van der Waals surface area contributed by atoms with Crippen LogP contribution in [0, 0.1) is 10.1 Å². The zero-order valence-corrected chi connectivity index (χ0v) is 10.4. The maximum Gasteiger partial charge on any atom is 0.277 e. The molecule has 0 aliphatic carbocycles. The molecule has 0 spiro atoms. The minimum absolute atomic E-state index is 0.00390. The van der Waals surface area contributed by atoms with Gasteiger partial charge in [-0.2, -0.15) is 0 Å². The first-order valence-corrected chi connectivity index (χ1v) is 5.35. The van der Waals surface area contributed by atoms with Gasteiger partial charge in [-0.1, -0.05) is 6.08 Å². The molecule has 18 heavy (non-hydrogen) atoms. The molecule has 6 heteroatoms. The first kappa shape index (κ1) is 14.0. The van der Waals surface area contributed by atoms with Crippen molar-refractivity contribution in [3.63, 3.8) is 0 Å². The van der Waals surface area contributed by atoms with Crippen LogP contribution < -0.4 is 14.8 Å². The summed E-state index contributed by atoms with van der Waals surface area (Å²) < 4.78 is 10.2. The monoisotopic (exact) mass is 252 g/mol. The van der Waals surface area contributed by atoms with Gasteiger partial charge >= 0.3 is 0 Å². The molecule has 1 N–H and O–H groups in total. The molecule has 1 aromatic rings. The number of nitrogens with one attached hydrogen (secondary N) is 1. The lowest BCUT2D eigenvalue weighted by atomic mass is 10.1. The molecule has 1 aromatic carbocycles. The highest BCUT2D eigenvalue weighted by atomic mass is 16.6. The van der Waals surface area contributed by atoms with Gasteiger partial charge in [-0.3, -0.25) is 10.1 Å². The van der Waals surface area contributed by atoms with E-state index in [9.17, 15) is 10.1 Å². The van der Waals surface area contributed by atoms with Gasteiger partial charge in [0, 0.05) is 18.7 Å². The molecule has 0 aliphatic rings. The predicted molar refractivity (Wildman–Crippen MR) is 68.1 cm³/mol. The maximum atomic E-state index is 11.0. The quantitative estimate of drug-likeness (QED) is 0.347. The molecular weight excluding hydrogens is 236 g/mol. The normalized spacial score (nSPS) is 9.89. The van der Waals surface area contributed by atoms with E-state index < -0.39 is 4.92 Å². The Kier molecular flexibility index (Phi) is 5.13. The number of nitro groups is 1. The van der Waals surface area contributed by atoms with E-state index in [0.29, 0.717) is 30.2 Å². The number of nitro benzene ring substituents is 1. The Morgan fingerprint density at radius 1 is 1.39 bits per heavy atom. The van der Waals surface area contributed by atoms with Crippen molar-refractivity contribution in [3.8, 4) is 11.5 Å². The Bertz CT molecular complexity index is 446. The highest BCUT2D eigenvalue weighted by molar-refractivity contribution is 5.54. The summed E-state index contributed by atoms with van der Waals surface area (Å²) in [7, 11) is 2.93. The van der Waals surface area contributed by atoms with Crippen molar-refractivity contribution < 1.29 is 14.4 Å². The molecule has 0 fully saturated rings. The molecule has 0 atom stereocenters. The average Bonchev–Trinajstić information content (AvgIpc) is 2.38. The molecular formula is C12H16N2O4. The summed E-state index contributed by atoms with van der Waals surface area (Å²) in [5, 5.41) is 14.0. The molecule has 6 nitrogen and oxygen atoms in total. The van der Waals surface area contributed by atoms with Crippen LogP contribution in [0.1, 0.15) is 5.56 Å². The third kappa shape index (κ3) is 3.21. The largest absolute Gasteiger partial charge is 0.493 e. The Labute approximate surface area is 105 Å². The van der Waals surface area contributed by atoms with Crippen molar-refractivity contribution in [2.75, 3.05) is 20.8 Å². The molecule has 0 unspecified atom stereocenters. The summed E-state index contributed by atoms with van der Waals surface area (Å²) in [4.78, 5) is 10.5. The molecule has 0 saturated heterocycles. The SMILES string of the molecule is C=CCNCc1cc(OC)c(OC)cc1[N+](=O)[O-]. The zero-order chi connectivity index (χ0) is 13.5. The minimum atomic E-state index is -0.438. The lowest BCUT2D eigenvalue weighted by molar-refractivity contribution is -0.385. The lowest BCUT2D eigenvalue weighted by Gasteiger charge is -2.10. The Morgan fingerprint density at radius 2 is 2.00 bits per heavy atom. The maximum absolute atomic E-state index is 11.0. The van der Waals surface area contributed by atoms with Crippen LogP contribution in [-0.2, 0) is 6.54 Å². The van der Waals surface area contributed by atoms with Crippen LogP contribution in [0.15, 0.2) is 24.8 Å². The molecule has 98 valence electrons. The van der Waals surface area contributed by atoms with Gasteiger partial charge in [-0.15, -0.1) is 6.58 Å². The summed E-state index contributed by atoms with van der Waals surface area (Å²) in [5.74, 6) is 0.815. The first-order chi connectivity index (χ1) is 8.63. The van der Waals surface area contributed by atoms with E-state index in [-0.39, 0.29) is 5.69 Å². The third-order valence-corrected chi connectivity index (χ3v) is 2.39. The van der Waals surface area contributed by atoms with Crippen LogP contribution in [0.25, 0.3) is 0 Å². The summed E-state index contributed by atoms with van der Waals surface area (Å²) >= 11 is 0. The van der Waals surface area contributed by atoms with Crippen molar-refractivity contribution in [1.82, 2.24) is 5.32 Å². The van der Waals surface area contributed by atoms with E-state index in [1.165, 1.54) is 20.3 Å². The molecule has 0 saturated carbocycles. The number of hydrogen-bond acceptors (Lipinski definition) is 5. The average molecular weight is 252 g/mol. The van der Waals surface area contributed by atoms with E-state index in [1.54, 1.807) is 12.1 Å². The number of ether oxygens (including phenoxy) is 2. The topological polar surface area (TPSA) is 73.6 Å². The van der Waals surface area contributed by atoms with Gasteiger partial charge < -0.3 is 14.8 Å². The van der Waals surface area contributed by atoms with Crippen molar-refractivity contribution in [2.24, 2.45) is 0 Å². The van der Waals surface area contributed by atoms with Crippen LogP contribution in [0.4, 0.5) is 5.69 Å². The second-order valence-corrected chi connectivity index (χ2v) is 3.51. The van der Waals surface area contributed by atoms with E-state index in [4.69, 9.17) is 9.47 Å². The number of benzene rings is 1. The standard InChI is InChI=1S/C12H16N2O4/c1-4-5-13-8-9-6-11(17-2)12(18-3)7-10(9)14(15)16/h4,6-7,13H,1,5,8H2,2-3H3. The van der Waals surface area contributed by atoms with Gasteiger partial charge in [0.25, 0.3) is 5.69 Å². The van der Waals surface area contributed by atoms with E-state index in [2.05, 4.69) is 11.9 Å². The van der Waals surface area contributed by atoms with Crippen molar-refractivity contribution in [2.45, 2.75) is 6.54 Å². The minimum Gasteiger partial charge on any atom is -0.493 e. The number of nitrogens with zero attached hydrogens (tertiary/aromatic N) is 1. The molecule has 0 bridgehead atoms. The Balaban J connectivity index is 3.11. The van der Waals surface area contributed by atoms with Gasteiger partial charge in [0.1, 0.15) is 0 Å². The fourth-order valence-corrected chi connectivity index (χ4v) is 1.53. The number of methoxy groups -OCH3 is 2. The number of rotatable bonds is 7. The predicted octanol–water partition coefficient (Wildman–Crippen LogP) is 1.89. The highest BCUT2D eigenvalue weighted by Gasteiger charge is 2.18. The second kappa shape index (κ2) is 6.61. The fraction of sp³-hybridized carbons (Fsp3) is 0.333. The van der Waals surface area contributed by atoms with Gasteiger partial charge in [-0.05, 0) is 6.07 Å². The summed E-state index contributed by atoms with van der Waals surface area (Å²) in [5.41, 5.74) is 0.545. The van der Waals surface area contributed by atoms with Crippen LogP contribution >= 0.6 is 0 Å². The van der Waals surface area contributed by atoms with E-state index in [0.717, 1.165) is 0 Å². The molecule has 1 rings (SSSR count). The summed E-state index contributed by atoms with van der Waals surface area (Å²) in [6.45, 7) is 4.51. The van der Waals surface area contributed by atoms with Gasteiger partial charge in [0.05, 0.1) is 25.2 Å². The van der Waals surface area contributed by atoms with Gasteiger partial charge in [0.15, 0.2) is 11.5 Å². The molecule has 0 amide bonds. The van der Waals surface area contributed by atoms with Crippen LogP contribution in [0.3, 0.4) is 0 Å². The first-order valence-electron chi connectivity index (χ1n) is 5.35. The smallest absolute Gasteiger partial charge is 0.277 e. The molecule has 0 aromatic heterocycles. The Hall–Kier alpha value is -2.08. The van der Waals surface area contributed by atoms with Gasteiger partial charge in [0.2, 0.25) is 0 Å². The zero-order valence-electron chi connectivity index (χ0n) is 10.4. The summed E-state index contributed by atoms with van der Waals surface area (Å²) in [6, 6.07) is 2.97. The van der Waals surface area contributed by atoms with E-state index >= 15 is 0 Å². The van der Waals surface area contributed by atoms with Gasteiger partial charge in [-0.25, -0.2) is 0 Å². The third-order valence-electron chi connectivity index (χ3n) is 2.39. The fourth-order valence-electron chi connectivity index (χ4n) is 1.53. The van der Waals surface area contributed by atoms with Crippen LogP contribution in [0.5, 0.6) is 11.5 Å². The number of hydrogen-bond donors (Lipinski definition) is 1. The summed E-state index contributed by atoms with van der Waals surface area (Å²) in [6.07, 6.45) is 1.69. The van der Waals surface area contributed by atoms with Crippen molar-refractivity contribution in [1.29, 1.82) is 0 Å².